The highest BCUT2D eigenvalue weighted by Crippen LogP contribution is 2.44. The number of nitrogens with zero attached hydrogens (tertiary/aromatic N) is 1. The molecule has 7 heteroatoms. The second-order valence-corrected chi connectivity index (χ2v) is 7.37. The van der Waals surface area contributed by atoms with Crippen LogP contribution in [0.4, 0.5) is 30.2 Å². The molecule has 4 rings (SSSR count). The average Bonchev–Trinajstić information content (AvgIpc) is 2.69. The van der Waals surface area contributed by atoms with Crippen LogP contribution in [0.1, 0.15) is 18.1 Å². The summed E-state index contributed by atoms with van der Waals surface area (Å²) in [5.41, 5.74) is 5.13. The molecule has 0 atom stereocenters. The van der Waals surface area contributed by atoms with Crippen LogP contribution in [0.15, 0.2) is 81.6 Å². The normalized spacial score (nSPS) is 13.4. The van der Waals surface area contributed by atoms with Crippen molar-refractivity contribution in [2.75, 3.05) is 10.7 Å². The van der Waals surface area contributed by atoms with E-state index >= 15 is 0 Å². The lowest BCUT2D eigenvalue weighted by Crippen LogP contribution is -2.09. The fourth-order valence-electron chi connectivity index (χ4n) is 2.90. The zero-order valence-corrected chi connectivity index (χ0v) is 15.7. The van der Waals surface area contributed by atoms with E-state index < -0.39 is 11.7 Å². The first-order valence-corrected chi connectivity index (χ1v) is 9.38. The van der Waals surface area contributed by atoms with Crippen LogP contribution in [-0.2, 0) is 6.18 Å². The molecule has 0 saturated heterocycles. The van der Waals surface area contributed by atoms with E-state index in [-0.39, 0.29) is 5.69 Å². The molecule has 142 valence electrons. The molecular formula is C21H16F3N3S. The van der Waals surface area contributed by atoms with Gasteiger partial charge in [-0.25, -0.2) is 0 Å². The first kappa shape index (κ1) is 18.4. The van der Waals surface area contributed by atoms with Gasteiger partial charge in [0.05, 0.1) is 28.3 Å². The van der Waals surface area contributed by atoms with Gasteiger partial charge in [-0.2, -0.15) is 18.3 Å². The molecule has 0 aromatic heterocycles. The van der Waals surface area contributed by atoms with Gasteiger partial charge in [0.2, 0.25) is 0 Å². The maximum atomic E-state index is 13.1. The Labute approximate surface area is 164 Å². The van der Waals surface area contributed by atoms with Gasteiger partial charge in [-0.1, -0.05) is 42.1 Å². The van der Waals surface area contributed by atoms with Crippen molar-refractivity contribution in [3.05, 3.63) is 77.9 Å². The first-order valence-electron chi connectivity index (χ1n) is 8.57. The summed E-state index contributed by atoms with van der Waals surface area (Å²) in [7, 11) is 0. The summed E-state index contributed by atoms with van der Waals surface area (Å²) in [5, 5.41) is 7.56. The van der Waals surface area contributed by atoms with Crippen molar-refractivity contribution in [2.24, 2.45) is 5.10 Å². The Hall–Kier alpha value is -2.93. The van der Waals surface area contributed by atoms with Crippen LogP contribution >= 0.6 is 11.8 Å². The quantitative estimate of drug-likeness (QED) is 0.295. The SMILES string of the molecule is C/C(=N/Nc1ccccc1C(F)(F)F)c1ccc2c(c1)Nc1ccccc1S2. The Morgan fingerprint density at radius 1 is 0.929 bits per heavy atom. The fourth-order valence-corrected chi connectivity index (χ4v) is 3.87. The summed E-state index contributed by atoms with van der Waals surface area (Å²) < 4.78 is 39.3. The number of hydrazone groups is 1. The molecule has 2 N–H and O–H groups in total. The van der Waals surface area contributed by atoms with E-state index in [0.29, 0.717) is 5.71 Å². The van der Waals surface area contributed by atoms with Crippen molar-refractivity contribution in [3.63, 3.8) is 0 Å². The molecule has 1 aliphatic rings. The molecular weight excluding hydrogens is 383 g/mol. The minimum Gasteiger partial charge on any atom is -0.354 e. The Morgan fingerprint density at radius 2 is 1.64 bits per heavy atom. The third kappa shape index (κ3) is 3.71. The lowest BCUT2D eigenvalue weighted by molar-refractivity contribution is -0.136. The van der Waals surface area contributed by atoms with Crippen molar-refractivity contribution < 1.29 is 13.2 Å². The van der Waals surface area contributed by atoms with Gasteiger partial charge in [0.15, 0.2) is 0 Å². The summed E-state index contributed by atoms with van der Waals surface area (Å²) in [5.74, 6) is 0. The van der Waals surface area contributed by atoms with Crippen molar-refractivity contribution in [1.29, 1.82) is 0 Å². The van der Waals surface area contributed by atoms with Crippen LogP contribution in [0.2, 0.25) is 0 Å². The smallest absolute Gasteiger partial charge is 0.354 e. The van der Waals surface area contributed by atoms with Crippen molar-refractivity contribution in [3.8, 4) is 0 Å². The highest BCUT2D eigenvalue weighted by molar-refractivity contribution is 7.99. The van der Waals surface area contributed by atoms with Crippen LogP contribution in [0, 0.1) is 0 Å². The molecule has 0 radical (unpaired) electrons. The maximum absolute atomic E-state index is 13.1. The Kier molecular flexibility index (Phi) is 4.77. The third-order valence-electron chi connectivity index (χ3n) is 4.35. The Morgan fingerprint density at radius 3 is 2.46 bits per heavy atom. The van der Waals surface area contributed by atoms with Crippen LogP contribution in [0.25, 0.3) is 0 Å². The number of nitrogens with one attached hydrogen (secondary N) is 2. The van der Waals surface area contributed by atoms with E-state index in [9.17, 15) is 13.2 Å². The highest BCUT2D eigenvalue weighted by Gasteiger charge is 2.33. The van der Waals surface area contributed by atoms with Gasteiger partial charge < -0.3 is 5.32 Å². The summed E-state index contributed by atoms with van der Waals surface area (Å²) >= 11 is 1.67. The number of fused-ring (bicyclic) bond motifs is 2. The Bertz CT molecular complexity index is 1060. The van der Waals surface area contributed by atoms with E-state index in [2.05, 4.69) is 21.9 Å². The monoisotopic (exact) mass is 399 g/mol. The van der Waals surface area contributed by atoms with Crippen LogP contribution in [0.3, 0.4) is 0 Å². The number of anilines is 3. The maximum Gasteiger partial charge on any atom is 0.418 e. The molecule has 3 aromatic rings. The molecule has 0 fully saturated rings. The third-order valence-corrected chi connectivity index (χ3v) is 5.50. The molecule has 1 aliphatic heterocycles. The molecule has 0 bridgehead atoms. The number of hydrogen-bond acceptors (Lipinski definition) is 4. The van der Waals surface area contributed by atoms with E-state index in [1.807, 2.05) is 36.4 Å². The molecule has 0 saturated carbocycles. The molecule has 3 aromatic carbocycles. The topological polar surface area (TPSA) is 36.4 Å². The van der Waals surface area contributed by atoms with E-state index in [1.165, 1.54) is 12.1 Å². The van der Waals surface area contributed by atoms with Gasteiger partial charge in [-0.15, -0.1) is 0 Å². The van der Waals surface area contributed by atoms with Crippen molar-refractivity contribution in [2.45, 2.75) is 22.9 Å². The standard InChI is InChI=1S/C21H16F3N3S/c1-13(26-27-16-7-3-2-6-15(16)21(22,23)24)14-10-11-20-18(12-14)25-17-8-4-5-9-19(17)28-20/h2-12,25,27H,1H3/b26-13-. The number of halogens is 3. The Balaban J connectivity index is 1.58. The minimum absolute atomic E-state index is 0.0742. The predicted octanol–water partition coefficient (Wildman–Crippen LogP) is 6.75. The fraction of sp³-hybridized carbons (Fsp3) is 0.0952. The lowest BCUT2D eigenvalue weighted by atomic mass is 10.1. The van der Waals surface area contributed by atoms with Crippen LogP contribution in [-0.4, -0.2) is 5.71 Å². The molecule has 0 spiro atoms. The summed E-state index contributed by atoms with van der Waals surface area (Å²) in [6, 6.07) is 19.2. The van der Waals surface area contributed by atoms with Gasteiger partial charge in [0.1, 0.15) is 0 Å². The molecule has 0 unspecified atom stereocenters. The molecule has 0 aliphatic carbocycles. The lowest BCUT2D eigenvalue weighted by Gasteiger charge is -2.21. The van der Waals surface area contributed by atoms with E-state index in [1.54, 1.807) is 24.8 Å². The first-order chi connectivity index (χ1) is 13.4. The zero-order valence-electron chi connectivity index (χ0n) is 14.8. The number of hydrogen-bond donors (Lipinski definition) is 2. The molecule has 0 amide bonds. The average molecular weight is 399 g/mol. The van der Waals surface area contributed by atoms with Gasteiger partial charge in [0.25, 0.3) is 0 Å². The van der Waals surface area contributed by atoms with Crippen molar-refractivity contribution >= 4 is 34.5 Å². The van der Waals surface area contributed by atoms with Gasteiger partial charge in [-0.3, -0.25) is 5.43 Å². The number of para-hydroxylation sites is 2. The van der Waals surface area contributed by atoms with E-state index in [0.717, 1.165) is 32.8 Å². The minimum atomic E-state index is -4.44. The largest absolute Gasteiger partial charge is 0.418 e. The number of benzene rings is 3. The number of alkyl halides is 3. The summed E-state index contributed by atoms with van der Waals surface area (Å²) in [6.45, 7) is 1.76. The molecule has 28 heavy (non-hydrogen) atoms. The second kappa shape index (κ2) is 7.24. The summed E-state index contributed by atoms with van der Waals surface area (Å²) in [4.78, 5) is 2.24. The second-order valence-electron chi connectivity index (χ2n) is 6.29. The van der Waals surface area contributed by atoms with Crippen LogP contribution < -0.4 is 10.7 Å². The zero-order chi connectivity index (χ0) is 19.7. The van der Waals surface area contributed by atoms with Crippen molar-refractivity contribution in [1.82, 2.24) is 0 Å². The van der Waals surface area contributed by atoms with Gasteiger partial charge >= 0.3 is 6.18 Å². The van der Waals surface area contributed by atoms with Gasteiger partial charge in [-0.05, 0) is 48.9 Å². The van der Waals surface area contributed by atoms with Crippen LogP contribution in [0.5, 0.6) is 0 Å². The molecule has 3 nitrogen and oxygen atoms in total. The highest BCUT2D eigenvalue weighted by atomic mass is 32.2. The summed E-state index contributed by atoms with van der Waals surface area (Å²) in [6.07, 6.45) is -4.44. The van der Waals surface area contributed by atoms with Gasteiger partial charge in [0, 0.05) is 9.79 Å². The molecule has 1 heterocycles. The van der Waals surface area contributed by atoms with E-state index in [4.69, 9.17) is 0 Å². The predicted molar refractivity (Wildman–Crippen MR) is 108 cm³/mol. The number of rotatable bonds is 3.